The van der Waals surface area contributed by atoms with Crippen LogP contribution in [-0.4, -0.2) is 59.9 Å². The Hall–Kier alpha value is -4.08. The molecule has 0 radical (unpaired) electrons. The second kappa shape index (κ2) is 12.2. The Bertz CT molecular complexity index is 1400. The van der Waals surface area contributed by atoms with E-state index in [-0.39, 0.29) is 18.1 Å². The van der Waals surface area contributed by atoms with Crippen molar-refractivity contribution in [3.8, 4) is 5.75 Å². The number of hydrogen-bond donors (Lipinski definition) is 1. The SMILES string of the molecule is CCN1C(=O)/C(=C/c2ccccc2OCc2ccc(C(=O)O)cc2)SC1=Nc1ccc(N2CCOCC2)cc1. The lowest BCUT2D eigenvalue weighted by Gasteiger charge is -2.28. The van der Waals surface area contributed by atoms with E-state index in [0.717, 1.165) is 48.8 Å². The molecule has 0 aromatic heterocycles. The van der Waals surface area contributed by atoms with E-state index in [1.807, 2.05) is 49.4 Å². The standard InChI is InChI=1S/C30H29N3O5S/c1-2-33-28(34)27(39-30(33)31-24-11-13-25(14-12-24)32-15-17-37-18-16-32)19-23-5-3-4-6-26(23)38-20-21-7-9-22(10-8-21)29(35)36/h3-14,19H,2,15-18,20H2,1H3,(H,35,36)/b27-19-,31-30?. The van der Waals surface area contributed by atoms with Crippen LogP contribution in [0.25, 0.3) is 6.08 Å². The number of thioether (sulfide) groups is 1. The molecule has 200 valence electrons. The van der Waals surface area contributed by atoms with Crippen LogP contribution in [0, 0.1) is 0 Å². The highest BCUT2D eigenvalue weighted by atomic mass is 32.2. The maximum atomic E-state index is 13.2. The van der Waals surface area contributed by atoms with Gasteiger partial charge in [0.2, 0.25) is 0 Å². The third-order valence-electron chi connectivity index (χ3n) is 6.46. The van der Waals surface area contributed by atoms with E-state index in [4.69, 9.17) is 19.6 Å². The molecule has 2 aliphatic heterocycles. The molecule has 2 heterocycles. The van der Waals surface area contributed by atoms with Gasteiger partial charge in [-0.3, -0.25) is 9.69 Å². The number of carboxylic acid groups (broad SMARTS) is 1. The molecule has 2 saturated heterocycles. The van der Waals surface area contributed by atoms with Gasteiger partial charge in [0.1, 0.15) is 12.4 Å². The number of rotatable bonds is 8. The number of hydrogen-bond acceptors (Lipinski definition) is 7. The van der Waals surface area contributed by atoms with Gasteiger partial charge >= 0.3 is 5.97 Å². The highest BCUT2D eigenvalue weighted by Gasteiger charge is 2.32. The molecular weight excluding hydrogens is 514 g/mol. The molecule has 8 nitrogen and oxygen atoms in total. The zero-order valence-corrected chi connectivity index (χ0v) is 22.4. The first-order valence-corrected chi connectivity index (χ1v) is 13.6. The van der Waals surface area contributed by atoms with E-state index in [1.54, 1.807) is 29.2 Å². The highest BCUT2D eigenvalue weighted by Crippen LogP contribution is 2.36. The van der Waals surface area contributed by atoms with Crippen LogP contribution in [0.4, 0.5) is 11.4 Å². The first-order valence-electron chi connectivity index (χ1n) is 12.8. The van der Waals surface area contributed by atoms with Gasteiger partial charge in [0, 0.05) is 30.9 Å². The number of nitrogens with zero attached hydrogens (tertiary/aromatic N) is 3. The first-order chi connectivity index (χ1) is 19.0. The van der Waals surface area contributed by atoms with Crippen LogP contribution in [0.5, 0.6) is 5.75 Å². The van der Waals surface area contributed by atoms with Crippen LogP contribution >= 0.6 is 11.8 Å². The second-order valence-electron chi connectivity index (χ2n) is 9.00. The van der Waals surface area contributed by atoms with Crippen LogP contribution in [0.1, 0.15) is 28.4 Å². The molecule has 1 amide bonds. The number of anilines is 1. The number of morpholine rings is 1. The topological polar surface area (TPSA) is 91.7 Å². The predicted molar refractivity (Wildman–Crippen MR) is 154 cm³/mol. The largest absolute Gasteiger partial charge is 0.488 e. The van der Waals surface area contributed by atoms with Gasteiger partial charge in [0.05, 0.1) is 29.4 Å². The number of benzene rings is 3. The second-order valence-corrected chi connectivity index (χ2v) is 10.0. The molecule has 0 unspecified atom stereocenters. The number of amides is 1. The molecule has 0 saturated carbocycles. The summed E-state index contributed by atoms with van der Waals surface area (Å²) in [5, 5.41) is 9.73. The fourth-order valence-electron chi connectivity index (χ4n) is 4.32. The van der Waals surface area contributed by atoms with Gasteiger partial charge in [-0.25, -0.2) is 9.79 Å². The van der Waals surface area contributed by atoms with Crippen LogP contribution in [0.15, 0.2) is 82.7 Å². The van der Waals surface area contributed by atoms with E-state index in [9.17, 15) is 9.59 Å². The van der Waals surface area contributed by atoms with Crippen LogP contribution in [0.2, 0.25) is 0 Å². The zero-order valence-electron chi connectivity index (χ0n) is 21.6. The normalized spacial score (nSPS) is 17.7. The average molecular weight is 544 g/mol. The summed E-state index contributed by atoms with van der Waals surface area (Å²) in [4.78, 5) is 33.6. The Morgan fingerprint density at radius 1 is 1.05 bits per heavy atom. The average Bonchev–Trinajstić information content (AvgIpc) is 3.26. The van der Waals surface area contributed by atoms with Gasteiger partial charge < -0.3 is 19.5 Å². The van der Waals surface area contributed by atoms with E-state index >= 15 is 0 Å². The predicted octanol–water partition coefficient (Wildman–Crippen LogP) is 5.42. The minimum Gasteiger partial charge on any atom is -0.488 e. The minimum atomic E-state index is -0.966. The Morgan fingerprint density at radius 3 is 2.46 bits per heavy atom. The summed E-state index contributed by atoms with van der Waals surface area (Å²) in [5.41, 5.74) is 3.79. The van der Waals surface area contributed by atoms with Gasteiger partial charge in [-0.15, -0.1) is 0 Å². The maximum absolute atomic E-state index is 13.2. The molecule has 39 heavy (non-hydrogen) atoms. The third-order valence-corrected chi connectivity index (χ3v) is 7.46. The lowest BCUT2D eigenvalue weighted by Crippen LogP contribution is -2.36. The van der Waals surface area contributed by atoms with Crippen molar-refractivity contribution in [1.82, 2.24) is 4.90 Å². The number of likely N-dealkylation sites (N-methyl/N-ethyl adjacent to an activating group) is 1. The van der Waals surface area contributed by atoms with E-state index < -0.39 is 5.97 Å². The van der Waals surface area contributed by atoms with Crippen molar-refractivity contribution in [2.45, 2.75) is 13.5 Å². The smallest absolute Gasteiger partial charge is 0.335 e. The summed E-state index contributed by atoms with van der Waals surface area (Å²) in [6.45, 7) is 5.93. The molecule has 0 aliphatic carbocycles. The van der Waals surface area contributed by atoms with Gasteiger partial charge in [0.25, 0.3) is 5.91 Å². The van der Waals surface area contributed by atoms with Crippen molar-refractivity contribution in [3.63, 3.8) is 0 Å². The molecule has 2 fully saturated rings. The van der Waals surface area contributed by atoms with Gasteiger partial charge in [-0.1, -0.05) is 30.3 Å². The number of carbonyl (C=O) groups is 2. The number of amidine groups is 1. The number of carboxylic acids is 1. The Balaban J connectivity index is 1.31. The number of carbonyl (C=O) groups excluding carboxylic acids is 1. The van der Waals surface area contributed by atoms with Crippen molar-refractivity contribution in [2.75, 3.05) is 37.7 Å². The van der Waals surface area contributed by atoms with Crippen molar-refractivity contribution < 1.29 is 24.2 Å². The number of aromatic carboxylic acids is 1. The monoisotopic (exact) mass is 543 g/mol. The Kier molecular flexibility index (Phi) is 8.29. The number of ether oxygens (including phenoxy) is 2. The molecule has 2 aliphatic rings. The fourth-order valence-corrected chi connectivity index (χ4v) is 5.37. The number of aliphatic imine (C=N–C) groups is 1. The zero-order chi connectivity index (χ0) is 27.2. The summed E-state index contributed by atoms with van der Waals surface area (Å²) >= 11 is 1.35. The minimum absolute atomic E-state index is 0.0924. The van der Waals surface area contributed by atoms with Gasteiger partial charge in [0.15, 0.2) is 5.17 Å². The molecule has 9 heteroatoms. The summed E-state index contributed by atoms with van der Waals surface area (Å²) in [6.07, 6.45) is 1.84. The molecule has 3 aromatic rings. The summed E-state index contributed by atoms with van der Waals surface area (Å²) in [6, 6.07) is 22.2. The van der Waals surface area contributed by atoms with E-state index in [0.29, 0.717) is 22.4 Å². The summed E-state index contributed by atoms with van der Waals surface area (Å²) < 4.78 is 11.5. The first kappa shape index (κ1) is 26.5. The van der Waals surface area contributed by atoms with Gasteiger partial charge in [-0.05, 0) is 72.8 Å². The van der Waals surface area contributed by atoms with Gasteiger partial charge in [-0.2, -0.15) is 0 Å². The van der Waals surface area contributed by atoms with Crippen LogP contribution < -0.4 is 9.64 Å². The van der Waals surface area contributed by atoms with E-state index in [1.165, 1.54) is 11.8 Å². The van der Waals surface area contributed by atoms with Crippen molar-refractivity contribution in [1.29, 1.82) is 0 Å². The molecule has 1 N–H and O–H groups in total. The molecule has 0 spiro atoms. The quantitative estimate of drug-likeness (QED) is 0.379. The lowest BCUT2D eigenvalue weighted by molar-refractivity contribution is -0.122. The Labute approximate surface area is 231 Å². The van der Waals surface area contributed by atoms with E-state index in [2.05, 4.69) is 17.0 Å². The van der Waals surface area contributed by atoms with Crippen molar-refractivity contribution in [2.24, 2.45) is 4.99 Å². The van der Waals surface area contributed by atoms with Crippen molar-refractivity contribution >= 4 is 46.3 Å². The lowest BCUT2D eigenvalue weighted by atomic mass is 10.1. The Morgan fingerprint density at radius 2 is 1.77 bits per heavy atom. The van der Waals surface area contributed by atoms with Crippen LogP contribution in [0.3, 0.4) is 0 Å². The molecule has 3 aromatic carbocycles. The molecule has 5 rings (SSSR count). The fraction of sp³-hybridized carbons (Fsp3) is 0.233. The van der Waals surface area contributed by atoms with Crippen LogP contribution in [-0.2, 0) is 16.1 Å². The summed E-state index contributed by atoms with van der Waals surface area (Å²) in [7, 11) is 0. The molecule has 0 bridgehead atoms. The maximum Gasteiger partial charge on any atom is 0.335 e. The molecule has 0 atom stereocenters. The van der Waals surface area contributed by atoms with Crippen molar-refractivity contribution in [3.05, 3.63) is 94.4 Å². The molecular formula is C30H29N3O5S. The third kappa shape index (κ3) is 6.32. The number of para-hydroxylation sites is 1. The summed E-state index contributed by atoms with van der Waals surface area (Å²) in [5.74, 6) is -0.426. The highest BCUT2D eigenvalue weighted by molar-refractivity contribution is 8.18.